The average molecular weight is 563 g/mol. The number of hydrazine groups is 1. The number of para-hydroxylation sites is 1. The van der Waals surface area contributed by atoms with Crippen molar-refractivity contribution in [2.45, 2.75) is 44.2 Å². The lowest BCUT2D eigenvalue weighted by molar-refractivity contribution is -0.131. The summed E-state index contributed by atoms with van der Waals surface area (Å²) in [7, 11) is 0. The molecule has 2 aliphatic rings. The molecule has 2 N–H and O–H groups in total. The van der Waals surface area contributed by atoms with Gasteiger partial charge in [-0.2, -0.15) is 0 Å². The van der Waals surface area contributed by atoms with Crippen LogP contribution in [0.4, 0.5) is 13.2 Å². The van der Waals surface area contributed by atoms with Crippen LogP contribution in [0.25, 0.3) is 17.0 Å². The van der Waals surface area contributed by atoms with Crippen LogP contribution < -0.4 is 0 Å². The van der Waals surface area contributed by atoms with E-state index in [0.29, 0.717) is 25.6 Å². The van der Waals surface area contributed by atoms with Crippen molar-refractivity contribution < 1.29 is 18.0 Å². The molecule has 2 aromatic carbocycles. The molecule has 0 aliphatic carbocycles. The molecule has 4 heterocycles. The molecule has 0 unspecified atom stereocenters. The Morgan fingerprint density at radius 1 is 1.00 bits per heavy atom. The monoisotopic (exact) mass is 562 g/mol. The number of nitrogens with one attached hydrogen (secondary N) is 2. The number of hydrogen-bond donors (Lipinski definition) is 2. The van der Waals surface area contributed by atoms with Gasteiger partial charge in [-0.15, -0.1) is 0 Å². The molecule has 1 amide bonds. The Morgan fingerprint density at radius 3 is 2.44 bits per heavy atom. The molecular formula is C31H33F3N6O. The van der Waals surface area contributed by atoms with Gasteiger partial charge in [0.1, 0.15) is 5.82 Å². The van der Waals surface area contributed by atoms with Crippen molar-refractivity contribution in [3.8, 4) is 0 Å². The molecule has 0 spiro atoms. The number of imidazole rings is 1. The van der Waals surface area contributed by atoms with E-state index in [4.69, 9.17) is 0 Å². The summed E-state index contributed by atoms with van der Waals surface area (Å²) in [6.07, 6.45) is 12.1. The lowest BCUT2D eigenvalue weighted by atomic mass is 9.89. The van der Waals surface area contributed by atoms with Gasteiger partial charge in [-0.25, -0.2) is 28.2 Å². The fourth-order valence-corrected chi connectivity index (χ4v) is 6.19. The third-order valence-electron chi connectivity index (χ3n) is 8.38. The number of benzene rings is 2. The second-order valence-electron chi connectivity index (χ2n) is 10.8. The Morgan fingerprint density at radius 2 is 1.73 bits per heavy atom. The van der Waals surface area contributed by atoms with E-state index < -0.39 is 17.5 Å². The number of likely N-dealkylation sites (tertiary alicyclic amines) is 1. The van der Waals surface area contributed by atoms with Crippen LogP contribution in [0.5, 0.6) is 0 Å². The molecule has 41 heavy (non-hydrogen) atoms. The van der Waals surface area contributed by atoms with Gasteiger partial charge in [0.2, 0.25) is 5.91 Å². The van der Waals surface area contributed by atoms with Crippen molar-refractivity contribution >= 4 is 22.9 Å². The van der Waals surface area contributed by atoms with Crippen LogP contribution >= 0.6 is 0 Å². The Labute approximate surface area is 236 Å². The number of hydrogen-bond acceptors (Lipinski definition) is 4. The first-order chi connectivity index (χ1) is 20.0. The largest absolute Gasteiger partial charge is 0.361 e. The second-order valence-corrected chi connectivity index (χ2v) is 10.8. The summed E-state index contributed by atoms with van der Waals surface area (Å²) < 4.78 is 40.3. The molecular weight excluding hydrogens is 529 g/mol. The highest BCUT2D eigenvalue weighted by molar-refractivity contribution is 5.91. The number of rotatable bonds is 7. The molecule has 2 aromatic heterocycles. The smallest absolute Gasteiger partial charge is 0.246 e. The molecule has 7 nitrogen and oxygen atoms in total. The van der Waals surface area contributed by atoms with Gasteiger partial charge in [-0.1, -0.05) is 18.2 Å². The highest BCUT2D eigenvalue weighted by Gasteiger charge is 2.33. The molecule has 2 fully saturated rings. The maximum Gasteiger partial charge on any atom is 0.246 e. The first-order valence-corrected chi connectivity index (χ1v) is 14.1. The SMILES string of the molecule is O=C(/C=C/c1cc(F)c(F)c(F)c1)N1CCC(N(Cc2ncc[nH]2)N2CCC(c3c[nH]c4ccccc34)CC2)CC1. The zero-order valence-electron chi connectivity index (χ0n) is 22.7. The van der Waals surface area contributed by atoms with Gasteiger partial charge in [0, 0.05) is 67.8 Å². The zero-order chi connectivity index (χ0) is 28.3. The Bertz CT molecular complexity index is 1490. The summed E-state index contributed by atoms with van der Waals surface area (Å²) in [4.78, 5) is 25.7. The van der Waals surface area contributed by atoms with Crippen LogP contribution in [0.2, 0.25) is 0 Å². The molecule has 2 aliphatic heterocycles. The second kappa shape index (κ2) is 11.9. The number of carbonyl (C=O) groups is 1. The number of fused-ring (bicyclic) bond motifs is 1. The minimum absolute atomic E-state index is 0.102. The average Bonchev–Trinajstić information content (AvgIpc) is 3.68. The predicted molar refractivity (Wildman–Crippen MR) is 151 cm³/mol. The van der Waals surface area contributed by atoms with E-state index in [2.05, 4.69) is 55.4 Å². The lowest BCUT2D eigenvalue weighted by Crippen LogP contribution is -2.54. The fourth-order valence-electron chi connectivity index (χ4n) is 6.19. The Kier molecular flexibility index (Phi) is 7.93. The van der Waals surface area contributed by atoms with Crippen molar-refractivity contribution in [3.63, 3.8) is 0 Å². The van der Waals surface area contributed by atoms with Gasteiger partial charge in [-0.3, -0.25) is 4.79 Å². The molecule has 0 saturated carbocycles. The number of halogens is 3. The van der Waals surface area contributed by atoms with Crippen molar-refractivity contribution in [3.05, 3.63) is 95.5 Å². The van der Waals surface area contributed by atoms with E-state index in [1.807, 2.05) is 6.20 Å². The van der Waals surface area contributed by atoms with Crippen LogP contribution in [-0.2, 0) is 11.3 Å². The van der Waals surface area contributed by atoms with E-state index in [1.165, 1.54) is 28.6 Å². The Hall–Kier alpha value is -3.89. The third-order valence-corrected chi connectivity index (χ3v) is 8.38. The number of amides is 1. The zero-order valence-corrected chi connectivity index (χ0v) is 22.7. The summed E-state index contributed by atoms with van der Waals surface area (Å²) in [6.45, 7) is 3.70. The normalized spacial score (nSPS) is 17.8. The van der Waals surface area contributed by atoms with Gasteiger partial charge in [0.05, 0.1) is 6.54 Å². The van der Waals surface area contributed by atoms with E-state index in [0.717, 1.165) is 56.7 Å². The molecule has 214 valence electrons. The highest BCUT2D eigenvalue weighted by Crippen LogP contribution is 2.34. The van der Waals surface area contributed by atoms with Crippen LogP contribution in [0.15, 0.2) is 61.1 Å². The molecule has 10 heteroatoms. The van der Waals surface area contributed by atoms with Gasteiger partial charge >= 0.3 is 0 Å². The van der Waals surface area contributed by atoms with E-state index in [1.54, 1.807) is 11.1 Å². The van der Waals surface area contributed by atoms with Crippen LogP contribution in [0, 0.1) is 17.5 Å². The van der Waals surface area contributed by atoms with E-state index in [9.17, 15) is 18.0 Å². The van der Waals surface area contributed by atoms with Crippen LogP contribution in [-0.4, -0.2) is 68.0 Å². The number of aromatic amines is 2. The maximum atomic E-state index is 13.5. The maximum absolute atomic E-state index is 13.5. The third kappa shape index (κ3) is 5.94. The molecule has 0 bridgehead atoms. The van der Waals surface area contributed by atoms with E-state index in [-0.39, 0.29) is 17.5 Å². The van der Waals surface area contributed by atoms with Gasteiger partial charge in [-0.05, 0) is 67.0 Å². The quantitative estimate of drug-likeness (QED) is 0.227. The van der Waals surface area contributed by atoms with Crippen molar-refractivity contribution in [1.29, 1.82) is 0 Å². The molecule has 4 aromatic rings. The minimum Gasteiger partial charge on any atom is -0.361 e. The molecule has 2 saturated heterocycles. The Balaban J connectivity index is 1.09. The number of carbonyl (C=O) groups excluding carboxylic acids is 1. The summed E-state index contributed by atoms with van der Waals surface area (Å²) in [6, 6.07) is 10.5. The topological polar surface area (TPSA) is 71.3 Å². The van der Waals surface area contributed by atoms with Gasteiger partial charge in [0.25, 0.3) is 0 Å². The van der Waals surface area contributed by atoms with Gasteiger partial charge < -0.3 is 14.9 Å². The standard InChI is InChI=1S/C31H33F3N6O/c32-26-17-21(18-27(33)31(26)34)5-6-30(41)38-13-9-23(10-14-38)40(20-29-35-11-12-36-29)39-15-7-22(8-16-39)25-19-37-28-4-2-1-3-24(25)28/h1-6,11-12,17-19,22-23,37H,7-10,13-16,20H2,(H,35,36)/b6-5+. The number of aromatic nitrogens is 3. The number of nitrogens with zero attached hydrogens (tertiary/aromatic N) is 4. The van der Waals surface area contributed by atoms with Crippen LogP contribution in [0.3, 0.4) is 0 Å². The van der Waals surface area contributed by atoms with Crippen molar-refractivity contribution in [2.75, 3.05) is 26.2 Å². The predicted octanol–water partition coefficient (Wildman–Crippen LogP) is 5.61. The summed E-state index contributed by atoms with van der Waals surface area (Å²) in [5.74, 6) is -2.89. The van der Waals surface area contributed by atoms with E-state index >= 15 is 0 Å². The fraction of sp³-hybridized carbons (Fsp3) is 0.355. The molecule has 0 atom stereocenters. The first kappa shape index (κ1) is 27.3. The summed E-state index contributed by atoms with van der Waals surface area (Å²) >= 11 is 0. The van der Waals surface area contributed by atoms with Gasteiger partial charge in [0.15, 0.2) is 17.5 Å². The lowest BCUT2D eigenvalue weighted by Gasteiger charge is -2.46. The molecule has 6 rings (SSSR count). The van der Waals surface area contributed by atoms with Crippen molar-refractivity contribution in [2.24, 2.45) is 0 Å². The molecule has 0 radical (unpaired) electrons. The highest BCUT2D eigenvalue weighted by atomic mass is 19.2. The minimum atomic E-state index is -1.52. The number of H-pyrrole nitrogens is 2. The summed E-state index contributed by atoms with van der Waals surface area (Å²) in [5.41, 5.74) is 2.67. The number of piperidine rings is 2. The first-order valence-electron chi connectivity index (χ1n) is 14.1. The summed E-state index contributed by atoms with van der Waals surface area (Å²) in [5, 5.41) is 6.18. The van der Waals surface area contributed by atoms with Crippen molar-refractivity contribution in [1.82, 2.24) is 29.9 Å². The van der Waals surface area contributed by atoms with Crippen LogP contribution in [0.1, 0.15) is 48.6 Å².